The molecule has 2 saturated heterocycles. The molecule has 0 saturated carbocycles. The lowest BCUT2D eigenvalue weighted by Gasteiger charge is -2.35. The zero-order valence-electron chi connectivity index (χ0n) is 16.2. The van der Waals surface area contributed by atoms with Gasteiger partial charge in [0.1, 0.15) is 0 Å². The molecule has 0 aromatic heterocycles. The van der Waals surface area contributed by atoms with Gasteiger partial charge in [0.2, 0.25) is 5.91 Å². The van der Waals surface area contributed by atoms with E-state index >= 15 is 0 Å². The normalized spacial score (nSPS) is 23.6. The third-order valence-electron chi connectivity index (χ3n) is 5.31. The van der Waals surface area contributed by atoms with E-state index in [-0.39, 0.29) is 23.9 Å². The first-order valence-corrected chi connectivity index (χ1v) is 10.8. The molecule has 1 aromatic rings. The Hall–Kier alpha value is -1.57. The third kappa shape index (κ3) is 5.70. The van der Waals surface area contributed by atoms with Gasteiger partial charge in [0, 0.05) is 61.4 Å². The molecule has 0 bridgehead atoms. The molecular weight excluding hydrogens is 360 g/mol. The number of carbonyl (C=O) groups is 2. The number of rotatable bonds is 5. The molecule has 2 unspecified atom stereocenters. The number of anilines is 1. The van der Waals surface area contributed by atoms with Crippen molar-refractivity contribution in [3.63, 3.8) is 0 Å². The summed E-state index contributed by atoms with van der Waals surface area (Å²) in [5, 5.41) is 6.31. The average molecular weight is 391 g/mol. The number of nitrogens with one attached hydrogen (secondary N) is 2. The summed E-state index contributed by atoms with van der Waals surface area (Å²) in [7, 11) is 3.99. The zero-order chi connectivity index (χ0) is 19.2. The fourth-order valence-corrected chi connectivity index (χ4v) is 4.66. The number of nitrogens with zero attached hydrogens (tertiary/aromatic N) is 2. The Morgan fingerprint density at radius 2 is 2.11 bits per heavy atom. The van der Waals surface area contributed by atoms with E-state index in [1.807, 2.05) is 35.8 Å². The van der Waals surface area contributed by atoms with Crippen molar-refractivity contribution in [3.8, 4) is 0 Å². The number of thioether (sulfide) groups is 1. The van der Waals surface area contributed by atoms with Gasteiger partial charge in [0.25, 0.3) is 5.91 Å². The van der Waals surface area contributed by atoms with Crippen LogP contribution < -0.4 is 10.6 Å². The largest absolute Gasteiger partial charge is 0.337 e. The first-order valence-electron chi connectivity index (χ1n) is 9.69. The van der Waals surface area contributed by atoms with E-state index in [0.717, 1.165) is 49.7 Å². The lowest BCUT2D eigenvalue weighted by atomic mass is 10.0. The van der Waals surface area contributed by atoms with E-state index < -0.39 is 0 Å². The van der Waals surface area contributed by atoms with E-state index in [9.17, 15) is 9.59 Å². The number of likely N-dealkylation sites (tertiary alicyclic amines) is 1. The van der Waals surface area contributed by atoms with Crippen molar-refractivity contribution >= 4 is 29.3 Å². The summed E-state index contributed by atoms with van der Waals surface area (Å²) in [6.07, 6.45) is 2.65. The highest BCUT2D eigenvalue weighted by atomic mass is 32.2. The van der Waals surface area contributed by atoms with Gasteiger partial charge in [-0.15, -0.1) is 0 Å². The van der Waals surface area contributed by atoms with Crippen LogP contribution in [0.15, 0.2) is 24.3 Å². The first-order chi connectivity index (χ1) is 13.0. The molecule has 148 valence electrons. The van der Waals surface area contributed by atoms with Gasteiger partial charge in [-0.3, -0.25) is 9.59 Å². The molecule has 7 heteroatoms. The van der Waals surface area contributed by atoms with Crippen LogP contribution in [0.3, 0.4) is 0 Å². The number of carbonyl (C=O) groups excluding carboxylic acids is 2. The minimum atomic E-state index is 0.0106. The predicted octanol–water partition coefficient (Wildman–Crippen LogP) is 1.89. The molecule has 2 aliphatic heterocycles. The Morgan fingerprint density at radius 3 is 2.78 bits per heavy atom. The minimum absolute atomic E-state index is 0.0106. The highest BCUT2D eigenvalue weighted by Gasteiger charge is 2.25. The zero-order valence-corrected chi connectivity index (χ0v) is 17.1. The standard InChI is InChI=1S/C20H30N4O2S/c1-23-10-3-4-18(13-23)24(2)20(26)15-5-7-16(8-6-15)22-19(25)12-17-14-27-11-9-21-17/h5-8,17-18,21H,3-4,9-14H2,1-2H3,(H,22,25). The van der Waals surface area contributed by atoms with Crippen LogP contribution >= 0.6 is 11.8 Å². The van der Waals surface area contributed by atoms with Crippen molar-refractivity contribution in [3.05, 3.63) is 29.8 Å². The summed E-state index contributed by atoms with van der Waals surface area (Å²) in [5.74, 6) is 2.14. The molecule has 2 fully saturated rings. The summed E-state index contributed by atoms with van der Waals surface area (Å²) in [5.41, 5.74) is 1.40. The molecule has 0 aliphatic carbocycles. The van der Waals surface area contributed by atoms with Crippen molar-refractivity contribution in [1.82, 2.24) is 15.1 Å². The quantitative estimate of drug-likeness (QED) is 0.804. The summed E-state index contributed by atoms with van der Waals surface area (Å²) < 4.78 is 0. The minimum Gasteiger partial charge on any atom is -0.337 e. The maximum atomic E-state index is 12.8. The van der Waals surface area contributed by atoms with Crippen molar-refractivity contribution in [2.75, 3.05) is 50.6 Å². The molecule has 6 nitrogen and oxygen atoms in total. The van der Waals surface area contributed by atoms with Crippen LogP contribution in [0.2, 0.25) is 0 Å². The molecule has 27 heavy (non-hydrogen) atoms. The summed E-state index contributed by atoms with van der Waals surface area (Å²) in [6.45, 7) is 2.98. The average Bonchev–Trinajstić information content (AvgIpc) is 2.68. The first kappa shape index (κ1) is 20.2. The second-order valence-corrected chi connectivity index (χ2v) is 8.68. The fourth-order valence-electron chi connectivity index (χ4n) is 3.71. The SMILES string of the molecule is CN1CCCC(N(C)C(=O)c2ccc(NC(=O)CC3CSCCN3)cc2)C1. The maximum absolute atomic E-state index is 12.8. The number of hydrogen-bond acceptors (Lipinski definition) is 5. The van der Waals surface area contributed by atoms with Gasteiger partial charge in [-0.05, 0) is 50.7 Å². The second kappa shape index (κ2) is 9.57. The Morgan fingerprint density at radius 1 is 1.33 bits per heavy atom. The molecule has 0 radical (unpaired) electrons. The van der Waals surface area contributed by atoms with E-state index in [0.29, 0.717) is 12.0 Å². The van der Waals surface area contributed by atoms with Crippen molar-refractivity contribution < 1.29 is 9.59 Å². The molecule has 2 amide bonds. The van der Waals surface area contributed by atoms with Crippen LogP contribution in [0, 0.1) is 0 Å². The summed E-state index contributed by atoms with van der Waals surface area (Å²) in [4.78, 5) is 29.1. The van der Waals surface area contributed by atoms with Crippen LogP contribution in [-0.4, -0.2) is 78.9 Å². The Kier molecular flexibility index (Phi) is 7.15. The number of amides is 2. The van der Waals surface area contributed by atoms with E-state index in [1.54, 1.807) is 12.1 Å². The van der Waals surface area contributed by atoms with Gasteiger partial charge < -0.3 is 20.4 Å². The highest BCUT2D eigenvalue weighted by Crippen LogP contribution is 2.18. The Balaban J connectivity index is 1.52. The molecular formula is C20H30N4O2S. The van der Waals surface area contributed by atoms with Gasteiger partial charge in [-0.1, -0.05) is 0 Å². The van der Waals surface area contributed by atoms with Crippen LogP contribution in [0.4, 0.5) is 5.69 Å². The van der Waals surface area contributed by atoms with Gasteiger partial charge in [-0.2, -0.15) is 11.8 Å². The smallest absolute Gasteiger partial charge is 0.253 e. The van der Waals surface area contributed by atoms with E-state index in [1.165, 1.54) is 0 Å². The lowest BCUT2D eigenvalue weighted by molar-refractivity contribution is -0.116. The molecule has 2 N–H and O–H groups in total. The fraction of sp³-hybridized carbons (Fsp3) is 0.600. The Bertz CT molecular complexity index is 646. The number of piperidine rings is 1. The van der Waals surface area contributed by atoms with E-state index in [2.05, 4.69) is 22.6 Å². The predicted molar refractivity (Wildman–Crippen MR) is 111 cm³/mol. The molecule has 3 rings (SSSR count). The monoisotopic (exact) mass is 390 g/mol. The highest BCUT2D eigenvalue weighted by molar-refractivity contribution is 7.99. The third-order valence-corrected chi connectivity index (χ3v) is 6.44. The summed E-state index contributed by atoms with van der Waals surface area (Å²) in [6, 6.07) is 7.73. The number of likely N-dealkylation sites (N-methyl/N-ethyl adjacent to an activating group) is 2. The molecule has 2 heterocycles. The molecule has 2 atom stereocenters. The number of benzene rings is 1. The molecule has 1 aromatic carbocycles. The van der Waals surface area contributed by atoms with Gasteiger partial charge in [0.05, 0.1) is 0 Å². The van der Waals surface area contributed by atoms with Gasteiger partial charge in [-0.25, -0.2) is 0 Å². The Labute approximate surface area is 166 Å². The van der Waals surface area contributed by atoms with Crippen LogP contribution in [0.1, 0.15) is 29.6 Å². The van der Waals surface area contributed by atoms with E-state index in [4.69, 9.17) is 0 Å². The van der Waals surface area contributed by atoms with Crippen LogP contribution in [0.5, 0.6) is 0 Å². The van der Waals surface area contributed by atoms with Gasteiger partial charge in [0.15, 0.2) is 0 Å². The van der Waals surface area contributed by atoms with Crippen LogP contribution in [0.25, 0.3) is 0 Å². The van der Waals surface area contributed by atoms with Gasteiger partial charge >= 0.3 is 0 Å². The maximum Gasteiger partial charge on any atom is 0.253 e. The summed E-state index contributed by atoms with van der Waals surface area (Å²) >= 11 is 1.88. The topological polar surface area (TPSA) is 64.7 Å². The molecule has 0 spiro atoms. The van der Waals surface area contributed by atoms with Crippen LogP contribution in [-0.2, 0) is 4.79 Å². The molecule has 2 aliphatic rings. The van der Waals surface area contributed by atoms with Crippen molar-refractivity contribution in [2.24, 2.45) is 0 Å². The van der Waals surface area contributed by atoms with Crippen molar-refractivity contribution in [1.29, 1.82) is 0 Å². The van der Waals surface area contributed by atoms with Crippen molar-refractivity contribution in [2.45, 2.75) is 31.3 Å². The lowest BCUT2D eigenvalue weighted by Crippen LogP contribution is -2.47. The number of hydrogen-bond donors (Lipinski definition) is 2. The second-order valence-electron chi connectivity index (χ2n) is 7.53.